The van der Waals surface area contributed by atoms with E-state index in [1.54, 1.807) is 0 Å². The van der Waals surface area contributed by atoms with Gasteiger partial charge in [-0.15, -0.1) is 11.3 Å². The summed E-state index contributed by atoms with van der Waals surface area (Å²) in [7, 11) is 0. The molecule has 2 heterocycles. The average Bonchev–Trinajstić information content (AvgIpc) is 2.98. The molecule has 0 spiro atoms. The summed E-state index contributed by atoms with van der Waals surface area (Å²) in [5.74, 6) is 0. The van der Waals surface area contributed by atoms with Crippen molar-refractivity contribution in [2.24, 2.45) is 0 Å². The highest BCUT2D eigenvalue weighted by atomic mass is 32.1. The van der Waals surface area contributed by atoms with E-state index in [-0.39, 0.29) is 0 Å². The molecule has 1 nitrogen and oxygen atoms in total. The van der Waals surface area contributed by atoms with Crippen molar-refractivity contribution in [1.82, 2.24) is 0 Å². The Morgan fingerprint density at radius 3 is 2.57 bits per heavy atom. The third-order valence-electron chi connectivity index (χ3n) is 2.34. The molecule has 1 aromatic heterocycles. The van der Waals surface area contributed by atoms with E-state index in [9.17, 15) is 0 Å². The van der Waals surface area contributed by atoms with E-state index in [0.717, 1.165) is 6.61 Å². The zero-order valence-electron chi connectivity index (χ0n) is 7.64. The van der Waals surface area contributed by atoms with Gasteiger partial charge in [-0.2, -0.15) is 0 Å². The average molecular weight is 202 g/mol. The first-order chi connectivity index (χ1) is 6.93. The van der Waals surface area contributed by atoms with Crippen LogP contribution in [0.5, 0.6) is 0 Å². The smallest absolute Gasteiger partial charge is 0.115 e. The maximum Gasteiger partial charge on any atom is 0.115 e. The van der Waals surface area contributed by atoms with Crippen LogP contribution in [0.3, 0.4) is 0 Å². The van der Waals surface area contributed by atoms with Gasteiger partial charge in [0.2, 0.25) is 0 Å². The van der Waals surface area contributed by atoms with Crippen LogP contribution in [0.15, 0.2) is 42.5 Å². The Labute approximate surface area is 87.0 Å². The summed E-state index contributed by atoms with van der Waals surface area (Å²) in [5, 5.41) is 0. The van der Waals surface area contributed by atoms with Crippen LogP contribution in [0, 0.1) is 0 Å². The molecule has 0 saturated carbocycles. The van der Waals surface area contributed by atoms with Crippen molar-refractivity contribution >= 4 is 11.3 Å². The van der Waals surface area contributed by atoms with E-state index in [1.165, 1.54) is 15.3 Å². The van der Waals surface area contributed by atoms with Crippen LogP contribution in [0.4, 0.5) is 0 Å². The van der Waals surface area contributed by atoms with Crippen LogP contribution in [0.1, 0.15) is 11.0 Å². The molecule has 0 radical (unpaired) electrons. The van der Waals surface area contributed by atoms with Gasteiger partial charge in [-0.3, -0.25) is 0 Å². The minimum Gasteiger partial charge on any atom is -0.367 e. The number of hydrogen-bond acceptors (Lipinski definition) is 2. The second-order valence-electron chi connectivity index (χ2n) is 3.39. The first-order valence-electron chi connectivity index (χ1n) is 4.70. The molecule has 3 rings (SSSR count). The summed E-state index contributed by atoms with van der Waals surface area (Å²) in [6, 6.07) is 14.8. The monoisotopic (exact) mass is 202 g/mol. The molecular weight excluding hydrogens is 192 g/mol. The van der Waals surface area contributed by atoms with Crippen molar-refractivity contribution < 1.29 is 4.74 Å². The summed E-state index contributed by atoms with van der Waals surface area (Å²) in [5.41, 5.74) is 1.30. The van der Waals surface area contributed by atoms with Crippen LogP contribution in [-0.2, 0) is 4.74 Å². The fourth-order valence-electron chi connectivity index (χ4n) is 1.50. The second kappa shape index (κ2) is 3.23. The second-order valence-corrected chi connectivity index (χ2v) is 4.51. The first kappa shape index (κ1) is 8.21. The lowest BCUT2D eigenvalue weighted by atomic mass is 10.2. The van der Waals surface area contributed by atoms with Crippen LogP contribution in [0.2, 0.25) is 0 Å². The number of rotatable bonds is 2. The van der Waals surface area contributed by atoms with Gasteiger partial charge in [0.25, 0.3) is 0 Å². The van der Waals surface area contributed by atoms with E-state index < -0.39 is 0 Å². The highest BCUT2D eigenvalue weighted by molar-refractivity contribution is 7.15. The third kappa shape index (κ3) is 1.47. The molecule has 2 aromatic rings. The Kier molecular flexibility index (Phi) is 1.89. The van der Waals surface area contributed by atoms with Gasteiger partial charge >= 0.3 is 0 Å². The van der Waals surface area contributed by atoms with Gasteiger partial charge in [-0.05, 0) is 17.7 Å². The Bertz CT molecular complexity index is 429. The molecule has 2 heteroatoms. The van der Waals surface area contributed by atoms with Crippen LogP contribution < -0.4 is 0 Å². The molecule has 70 valence electrons. The Balaban J connectivity index is 1.96. The van der Waals surface area contributed by atoms with Crippen molar-refractivity contribution in [1.29, 1.82) is 0 Å². The summed E-state index contributed by atoms with van der Waals surface area (Å²) >= 11 is 1.83. The van der Waals surface area contributed by atoms with Crippen LogP contribution in [0.25, 0.3) is 10.4 Å². The lowest BCUT2D eigenvalue weighted by Gasteiger charge is -1.94. The van der Waals surface area contributed by atoms with Crippen LogP contribution in [-0.4, -0.2) is 6.61 Å². The quantitative estimate of drug-likeness (QED) is 0.679. The fourth-order valence-corrected chi connectivity index (χ4v) is 2.54. The van der Waals surface area contributed by atoms with Crippen molar-refractivity contribution in [2.75, 3.05) is 6.61 Å². The van der Waals surface area contributed by atoms with E-state index in [1.807, 2.05) is 17.4 Å². The minimum atomic E-state index is 0.387. The summed E-state index contributed by atoms with van der Waals surface area (Å²) in [6.45, 7) is 0.898. The van der Waals surface area contributed by atoms with Crippen molar-refractivity contribution in [3.05, 3.63) is 47.3 Å². The number of epoxide rings is 1. The normalized spacial score (nSPS) is 19.6. The molecule has 1 saturated heterocycles. The van der Waals surface area contributed by atoms with Gasteiger partial charge in [0.15, 0.2) is 0 Å². The van der Waals surface area contributed by atoms with E-state index in [2.05, 4.69) is 36.4 Å². The molecule has 0 bridgehead atoms. The lowest BCUT2D eigenvalue weighted by molar-refractivity contribution is 0.418. The van der Waals surface area contributed by atoms with Crippen molar-refractivity contribution in [3.8, 4) is 10.4 Å². The molecule has 14 heavy (non-hydrogen) atoms. The summed E-state index contributed by atoms with van der Waals surface area (Å²) in [6.07, 6.45) is 0.387. The Morgan fingerprint density at radius 1 is 1.07 bits per heavy atom. The standard InChI is InChI=1S/C12H10OS/c1-2-4-9(5-3-1)11-6-7-12(14-11)10-8-13-10/h1-7,10H,8H2/t10-/m0/s1. The number of hydrogen-bond donors (Lipinski definition) is 0. The number of ether oxygens (including phenoxy) is 1. The Morgan fingerprint density at radius 2 is 1.86 bits per heavy atom. The van der Waals surface area contributed by atoms with Gasteiger partial charge < -0.3 is 4.74 Å². The predicted molar refractivity (Wildman–Crippen MR) is 58.4 cm³/mol. The van der Waals surface area contributed by atoms with Gasteiger partial charge in [0, 0.05) is 9.75 Å². The van der Waals surface area contributed by atoms with Gasteiger partial charge in [0.1, 0.15) is 6.10 Å². The van der Waals surface area contributed by atoms with Gasteiger partial charge in [-0.1, -0.05) is 30.3 Å². The molecule has 1 aromatic carbocycles. The molecule has 0 N–H and O–H groups in total. The molecule has 0 unspecified atom stereocenters. The summed E-state index contributed by atoms with van der Waals surface area (Å²) < 4.78 is 5.25. The highest BCUT2D eigenvalue weighted by Crippen LogP contribution is 2.38. The zero-order chi connectivity index (χ0) is 9.38. The predicted octanol–water partition coefficient (Wildman–Crippen LogP) is 3.49. The Hall–Kier alpha value is -1.12. The SMILES string of the molecule is c1ccc(-c2ccc([C@@H]3CO3)s2)cc1. The van der Waals surface area contributed by atoms with Gasteiger partial charge in [0.05, 0.1) is 6.61 Å². The summed E-state index contributed by atoms with van der Waals surface area (Å²) in [4.78, 5) is 2.68. The first-order valence-corrected chi connectivity index (χ1v) is 5.52. The molecule has 0 aliphatic carbocycles. The maximum atomic E-state index is 5.25. The topological polar surface area (TPSA) is 12.5 Å². The van der Waals surface area contributed by atoms with Crippen molar-refractivity contribution in [2.45, 2.75) is 6.10 Å². The molecule has 1 aliphatic rings. The molecule has 1 aliphatic heterocycles. The molecule has 0 amide bonds. The largest absolute Gasteiger partial charge is 0.367 e. The maximum absolute atomic E-state index is 5.25. The van der Waals surface area contributed by atoms with Crippen molar-refractivity contribution in [3.63, 3.8) is 0 Å². The molecular formula is C12H10OS. The third-order valence-corrected chi connectivity index (χ3v) is 3.56. The highest BCUT2D eigenvalue weighted by Gasteiger charge is 2.26. The van der Waals surface area contributed by atoms with E-state index >= 15 is 0 Å². The van der Waals surface area contributed by atoms with Gasteiger partial charge in [-0.25, -0.2) is 0 Å². The van der Waals surface area contributed by atoms with Crippen LogP contribution >= 0.6 is 11.3 Å². The van der Waals surface area contributed by atoms with E-state index in [0.29, 0.717) is 6.10 Å². The molecule has 1 fully saturated rings. The molecule has 1 atom stereocenters. The van der Waals surface area contributed by atoms with E-state index in [4.69, 9.17) is 4.74 Å². The zero-order valence-corrected chi connectivity index (χ0v) is 8.46. The fraction of sp³-hybridized carbons (Fsp3) is 0.167. The number of benzene rings is 1. The number of thiophene rings is 1. The lowest BCUT2D eigenvalue weighted by Crippen LogP contribution is -1.68. The minimum absolute atomic E-state index is 0.387.